The van der Waals surface area contributed by atoms with Gasteiger partial charge in [-0.3, -0.25) is 9.59 Å². The van der Waals surface area contributed by atoms with Crippen LogP contribution in [0.2, 0.25) is 0 Å². The molecule has 1 unspecified atom stereocenters. The van der Waals surface area contributed by atoms with Crippen molar-refractivity contribution >= 4 is 23.3 Å². The number of hydrogen-bond donors (Lipinski definition) is 0. The van der Waals surface area contributed by atoms with Gasteiger partial charge in [0.1, 0.15) is 11.7 Å². The third-order valence-electron chi connectivity index (χ3n) is 4.21. The number of rotatable bonds is 3. The van der Waals surface area contributed by atoms with E-state index in [1.165, 1.54) is 30.3 Å². The molecule has 0 bridgehead atoms. The van der Waals surface area contributed by atoms with Crippen LogP contribution in [0.1, 0.15) is 17.5 Å². The van der Waals surface area contributed by atoms with Crippen LogP contribution < -0.4 is 5.01 Å². The van der Waals surface area contributed by atoms with E-state index in [0.29, 0.717) is 5.56 Å². The fraction of sp³-hybridized carbons (Fsp3) is 0.211. The molecule has 1 aliphatic rings. The molecule has 1 heterocycles. The van der Waals surface area contributed by atoms with Gasteiger partial charge in [-0.2, -0.15) is 23.3 Å². The highest BCUT2D eigenvalue weighted by Crippen LogP contribution is 2.31. The smallest absolute Gasteiger partial charge is 0.416 e. The average molecular weight is 394 g/mol. The summed E-state index contributed by atoms with van der Waals surface area (Å²) < 4.78 is 56.5. The van der Waals surface area contributed by atoms with E-state index >= 15 is 0 Å². The zero-order valence-corrected chi connectivity index (χ0v) is 14.5. The van der Waals surface area contributed by atoms with Gasteiger partial charge in [0.25, 0.3) is 5.91 Å². The van der Waals surface area contributed by atoms with Crippen molar-refractivity contribution in [2.75, 3.05) is 12.1 Å². The standard InChI is InChI=1S/C19H14F4N2O3/c1-28-18(27)15-10-16(11-5-7-12(8-6-11)19(21,22)23)24-25(17(15)26)14-4-2-3-13(20)9-14/h2-9,15H,10H2,1H3. The van der Waals surface area contributed by atoms with Crippen molar-refractivity contribution in [1.29, 1.82) is 0 Å². The number of benzene rings is 2. The van der Waals surface area contributed by atoms with Crippen molar-refractivity contribution in [3.63, 3.8) is 0 Å². The maximum absolute atomic E-state index is 13.6. The molecule has 0 radical (unpaired) electrons. The Morgan fingerprint density at radius 3 is 2.43 bits per heavy atom. The largest absolute Gasteiger partial charge is 0.468 e. The molecule has 3 rings (SSSR count). The molecule has 0 saturated carbocycles. The van der Waals surface area contributed by atoms with E-state index in [9.17, 15) is 27.2 Å². The predicted molar refractivity (Wildman–Crippen MR) is 92.0 cm³/mol. The molecule has 28 heavy (non-hydrogen) atoms. The summed E-state index contributed by atoms with van der Waals surface area (Å²) in [5.74, 6) is -3.39. The van der Waals surface area contributed by atoms with Crippen LogP contribution in [0.5, 0.6) is 0 Å². The number of hydrazone groups is 1. The first-order valence-electron chi connectivity index (χ1n) is 8.13. The summed E-state index contributed by atoms with van der Waals surface area (Å²) in [5.41, 5.74) is -0.248. The number of nitrogens with zero attached hydrogens (tertiary/aromatic N) is 2. The van der Waals surface area contributed by atoms with Crippen molar-refractivity contribution in [3.8, 4) is 0 Å². The van der Waals surface area contributed by atoms with Crippen LogP contribution in [0, 0.1) is 11.7 Å². The van der Waals surface area contributed by atoms with Gasteiger partial charge >= 0.3 is 12.1 Å². The molecule has 0 fully saturated rings. The highest BCUT2D eigenvalue weighted by atomic mass is 19.4. The van der Waals surface area contributed by atoms with Gasteiger partial charge in [0, 0.05) is 6.42 Å². The van der Waals surface area contributed by atoms with Crippen molar-refractivity contribution in [2.45, 2.75) is 12.6 Å². The van der Waals surface area contributed by atoms with Crippen LogP contribution in [-0.2, 0) is 20.5 Å². The molecule has 2 aromatic carbocycles. The lowest BCUT2D eigenvalue weighted by Gasteiger charge is -2.28. The van der Waals surface area contributed by atoms with Gasteiger partial charge in [0.05, 0.1) is 24.1 Å². The number of methoxy groups -OCH3 is 1. The Morgan fingerprint density at radius 1 is 1.18 bits per heavy atom. The predicted octanol–water partition coefficient (Wildman–Crippen LogP) is 3.77. The van der Waals surface area contributed by atoms with Crippen LogP contribution in [0.25, 0.3) is 0 Å². The summed E-state index contributed by atoms with van der Waals surface area (Å²) in [6, 6.07) is 9.20. The second-order valence-corrected chi connectivity index (χ2v) is 6.03. The Kier molecular flexibility index (Phi) is 5.17. The van der Waals surface area contributed by atoms with Gasteiger partial charge in [-0.25, -0.2) is 4.39 Å². The van der Waals surface area contributed by atoms with E-state index < -0.39 is 35.4 Å². The molecule has 1 amide bonds. The van der Waals surface area contributed by atoms with Gasteiger partial charge in [-0.15, -0.1) is 0 Å². The second-order valence-electron chi connectivity index (χ2n) is 6.03. The fourth-order valence-electron chi connectivity index (χ4n) is 2.79. The number of alkyl halides is 3. The van der Waals surface area contributed by atoms with E-state index in [-0.39, 0.29) is 17.8 Å². The van der Waals surface area contributed by atoms with Crippen LogP contribution in [0.3, 0.4) is 0 Å². The molecule has 0 aliphatic carbocycles. The Labute approximate surface area is 157 Å². The van der Waals surface area contributed by atoms with Crippen molar-refractivity contribution in [1.82, 2.24) is 0 Å². The van der Waals surface area contributed by atoms with Crippen LogP contribution >= 0.6 is 0 Å². The highest BCUT2D eigenvalue weighted by Gasteiger charge is 2.38. The Balaban J connectivity index is 2.04. The van der Waals surface area contributed by atoms with E-state index in [1.54, 1.807) is 0 Å². The molecule has 0 saturated heterocycles. The minimum atomic E-state index is -4.50. The topological polar surface area (TPSA) is 59.0 Å². The lowest BCUT2D eigenvalue weighted by atomic mass is 9.94. The molecule has 1 aliphatic heterocycles. The second kappa shape index (κ2) is 7.41. The average Bonchev–Trinajstić information content (AvgIpc) is 2.67. The van der Waals surface area contributed by atoms with E-state index in [2.05, 4.69) is 9.84 Å². The van der Waals surface area contributed by atoms with E-state index in [4.69, 9.17) is 0 Å². The lowest BCUT2D eigenvalue weighted by Crippen LogP contribution is -2.43. The minimum Gasteiger partial charge on any atom is -0.468 e. The molecule has 5 nitrogen and oxygen atoms in total. The third-order valence-corrected chi connectivity index (χ3v) is 4.21. The summed E-state index contributed by atoms with van der Waals surface area (Å²) in [6.45, 7) is 0. The van der Waals surface area contributed by atoms with Crippen LogP contribution in [0.15, 0.2) is 53.6 Å². The molecule has 0 aromatic heterocycles. The number of carbonyl (C=O) groups is 2. The number of hydrogen-bond acceptors (Lipinski definition) is 4. The summed E-state index contributed by atoms with van der Waals surface area (Å²) in [6.07, 6.45) is -4.65. The van der Waals surface area contributed by atoms with E-state index in [0.717, 1.165) is 30.3 Å². The van der Waals surface area contributed by atoms with Gasteiger partial charge in [-0.1, -0.05) is 18.2 Å². The van der Waals surface area contributed by atoms with Gasteiger partial charge in [0.15, 0.2) is 0 Å². The van der Waals surface area contributed by atoms with Crippen molar-refractivity contribution < 1.29 is 31.9 Å². The maximum Gasteiger partial charge on any atom is 0.416 e. The molecule has 9 heteroatoms. The minimum absolute atomic E-state index is 0.0861. The van der Waals surface area contributed by atoms with Gasteiger partial charge in [-0.05, 0) is 35.9 Å². The van der Waals surface area contributed by atoms with Gasteiger partial charge in [0.2, 0.25) is 0 Å². The third kappa shape index (κ3) is 3.88. The Hall–Kier alpha value is -3.23. The van der Waals surface area contributed by atoms with E-state index in [1.807, 2.05) is 0 Å². The molecule has 0 N–H and O–H groups in total. The first-order chi connectivity index (χ1) is 13.2. The fourth-order valence-corrected chi connectivity index (χ4v) is 2.79. The Bertz CT molecular complexity index is 939. The van der Waals surface area contributed by atoms with Crippen molar-refractivity contribution in [3.05, 3.63) is 65.5 Å². The quantitative estimate of drug-likeness (QED) is 0.452. The van der Waals surface area contributed by atoms with Crippen LogP contribution in [0.4, 0.5) is 23.2 Å². The SMILES string of the molecule is COC(=O)C1CC(c2ccc(C(F)(F)F)cc2)=NN(c2cccc(F)c2)C1=O. The number of ether oxygens (including phenoxy) is 1. The zero-order valence-electron chi connectivity index (χ0n) is 14.5. The normalized spacial score (nSPS) is 17.3. The molecular formula is C19H14F4N2O3. The zero-order chi connectivity index (χ0) is 20.5. The summed E-state index contributed by atoms with van der Waals surface area (Å²) >= 11 is 0. The number of amides is 1. The maximum atomic E-state index is 13.6. The highest BCUT2D eigenvalue weighted by molar-refractivity contribution is 6.15. The molecule has 1 atom stereocenters. The first-order valence-corrected chi connectivity index (χ1v) is 8.13. The first kappa shape index (κ1) is 19.5. The van der Waals surface area contributed by atoms with Crippen LogP contribution in [-0.4, -0.2) is 24.7 Å². The summed E-state index contributed by atoms with van der Waals surface area (Å²) in [4.78, 5) is 24.7. The number of anilines is 1. The number of carbonyl (C=O) groups excluding carboxylic acids is 2. The molecular weight excluding hydrogens is 380 g/mol. The summed E-state index contributed by atoms with van der Waals surface area (Å²) in [7, 11) is 1.12. The Morgan fingerprint density at radius 2 is 1.86 bits per heavy atom. The molecule has 0 spiro atoms. The van der Waals surface area contributed by atoms with Crippen molar-refractivity contribution in [2.24, 2.45) is 11.0 Å². The van der Waals surface area contributed by atoms with Gasteiger partial charge < -0.3 is 4.74 Å². The molecule has 146 valence electrons. The summed E-state index contributed by atoms with van der Waals surface area (Å²) in [5, 5.41) is 5.01. The lowest BCUT2D eigenvalue weighted by molar-refractivity contribution is -0.149. The number of esters is 1. The monoisotopic (exact) mass is 394 g/mol. The molecule has 2 aromatic rings. The number of halogens is 4.